The molecule has 1 aromatic carbocycles. The van der Waals surface area contributed by atoms with Gasteiger partial charge in [-0.15, -0.1) is 0 Å². The molecule has 96 heavy (non-hydrogen) atoms. The summed E-state index contributed by atoms with van der Waals surface area (Å²) in [6, 6.07) is -6.46. The molecule has 534 valence electrons. The smallest absolute Gasteiger partial charge is 0.329 e. The van der Waals surface area contributed by atoms with Gasteiger partial charge < -0.3 is 76.6 Å². The third kappa shape index (κ3) is 20.9. The Labute approximate surface area is 562 Å². The van der Waals surface area contributed by atoms with Crippen molar-refractivity contribution in [1.29, 1.82) is 0 Å². The van der Waals surface area contributed by atoms with Gasteiger partial charge in [0, 0.05) is 46.4 Å². The molecular weight excluding hydrogens is 1250 g/mol. The molecule has 4 aliphatic heterocycles. The van der Waals surface area contributed by atoms with E-state index in [1.165, 1.54) is 51.8 Å². The van der Waals surface area contributed by atoms with E-state index in [1.807, 2.05) is 13.8 Å². The van der Waals surface area contributed by atoms with E-state index in [2.05, 4.69) is 31.9 Å². The zero-order valence-electron chi connectivity index (χ0n) is 58.1. The summed E-state index contributed by atoms with van der Waals surface area (Å²) in [5.41, 5.74) is 5.91. The number of nitrogens with one attached hydrogen (secondary N) is 6. The molecule has 11 amide bonds. The van der Waals surface area contributed by atoms with Crippen molar-refractivity contribution in [3.8, 4) is 5.75 Å². The summed E-state index contributed by atoms with van der Waals surface area (Å²) >= 11 is 0. The Balaban J connectivity index is 1.54. The number of nitrogens with zero attached hydrogens (tertiary/aromatic N) is 4. The monoisotopic (exact) mass is 1350 g/mol. The first-order valence-electron chi connectivity index (χ1n) is 33.6. The highest BCUT2D eigenvalue weighted by atomic mass is 16.6. The molecule has 0 saturated carbocycles. The maximum absolute atomic E-state index is 15.3. The number of aliphatic hydroxyl groups is 1. The van der Waals surface area contributed by atoms with Crippen LogP contribution in [0.1, 0.15) is 159 Å². The van der Waals surface area contributed by atoms with Crippen LogP contribution in [0.4, 0.5) is 0 Å². The number of Topliss-reactive ketones (excluding diaryl/α,β-unsaturated/α-hetero) is 1. The maximum Gasteiger partial charge on any atom is 0.329 e. The molecule has 0 aromatic heterocycles. The summed E-state index contributed by atoms with van der Waals surface area (Å²) in [4.78, 5) is 202. The van der Waals surface area contributed by atoms with Crippen molar-refractivity contribution in [2.45, 2.75) is 238 Å². The highest BCUT2D eigenvalue weighted by molar-refractivity contribution is 6.05. The Morgan fingerprint density at radius 2 is 1.47 bits per heavy atom. The third-order valence-corrected chi connectivity index (χ3v) is 18.5. The average Bonchev–Trinajstić information content (AvgIpc) is 1.60. The number of cyclic esters (lactones) is 2. The lowest BCUT2D eigenvalue weighted by Gasteiger charge is -2.36. The number of hydrogen-bond donors (Lipinski definition) is 8. The minimum absolute atomic E-state index is 0.0262. The van der Waals surface area contributed by atoms with Crippen molar-refractivity contribution in [3.05, 3.63) is 29.8 Å². The number of hydrogen-bond acceptors (Lipinski definition) is 18. The van der Waals surface area contributed by atoms with Crippen molar-refractivity contribution in [3.63, 3.8) is 0 Å². The number of rotatable bonds is 22. The zero-order chi connectivity index (χ0) is 71.7. The van der Waals surface area contributed by atoms with Crippen LogP contribution in [0.2, 0.25) is 0 Å². The molecule has 0 aliphatic carbocycles. The first-order valence-corrected chi connectivity index (χ1v) is 33.6. The summed E-state index contributed by atoms with van der Waals surface area (Å²) in [7, 11) is 4.20. The van der Waals surface area contributed by atoms with Gasteiger partial charge in [-0.3, -0.25) is 62.3 Å². The van der Waals surface area contributed by atoms with Gasteiger partial charge >= 0.3 is 11.9 Å². The van der Waals surface area contributed by atoms with Crippen molar-refractivity contribution >= 4 is 82.7 Å². The predicted molar refractivity (Wildman–Crippen MR) is 348 cm³/mol. The van der Waals surface area contributed by atoms with Crippen LogP contribution in [0.25, 0.3) is 0 Å². The lowest BCUT2D eigenvalue weighted by molar-refractivity contribution is -0.163. The number of fused-ring (bicyclic) bond motifs is 1. The highest BCUT2D eigenvalue weighted by Crippen LogP contribution is 2.28. The number of esters is 2. The van der Waals surface area contributed by atoms with Crippen LogP contribution in [0.5, 0.6) is 5.75 Å². The number of methoxy groups -OCH3 is 1. The molecule has 1 aromatic rings. The number of aliphatic hydroxyl groups excluding tert-OH is 1. The lowest BCUT2D eigenvalue weighted by atomic mass is 9.91. The number of benzene rings is 1. The Kier molecular flexibility index (Phi) is 29.1. The Hall–Kier alpha value is -8.24. The molecule has 4 saturated heterocycles. The summed E-state index contributed by atoms with van der Waals surface area (Å²) in [6.07, 6.45) is -4.70. The summed E-state index contributed by atoms with van der Waals surface area (Å²) in [5, 5.41) is 27.8. The van der Waals surface area contributed by atoms with Crippen molar-refractivity contribution < 1.29 is 86.4 Å². The molecule has 9 N–H and O–H groups in total. The number of amides is 11. The Morgan fingerprint density at radius 3 is 2.05 bits per heavy atom. The van der Waals surface area contributed by atoms with Gasteiger partial charge in [0.15, 0.2) is 11.9 Å². The molecule has 0 spiro atoms. The van der Waals surface area contributed by atoms with E-state index in [4.69, 9.17) is 19.9 Å². The predicted octanol–water partition coefficient (Wildman–Crippen LogP) is 0.469. The van der Waals surface area contributed by atoms with Crippen LogP contribution >= 0.6 is 0 Å². The van der Waals surface area contributed by atoms with E-state index in [1.54, 1.807) is 65.8 Å². The van der Waals surface area contributed by atoms with Crippen molar-refractivity contribution in [1.82, 2.24) is 51.5 Å². The summed E-state index contributed by atoms with van der Waals surface area (Å²) in [6.45, 7) is 18.0. The van der Waals surface area contributed by atoms with Crippen LogP contribution in [-0.2, 0) is 83.0 Å². The summed E-state index contributed by atoms with van der Waals surface area (Å²) in [5.74, 6) is -13.7. The van der Waals surface area contributed by atoms with E-state index < -0.39 is 180 Å². The van der Waals surface area contributed by atoms with Gasteiger partial charge in [-0.2, -0.15) is 0 Å². The second-order valence-corrected chi connectivity index (χ2v) is 27.2. The second kappa shape index (κ2) is 35.7. The quantitative estimate of drug-likeness (QED) is 0.0578. The number of carbonyl (C=O) groups is 14. The Bertz CT molecular complexity index is 3000. The molecule has 5 rings (SSSR count). The summed E-state index contributed by atoms with van der Waals surface area (Å²) < 4.78 is 17.3. The van der Waals surface area contributed by atoms with Gasteiger partial charge in [-0.1, -0.05) is 73.9 Å². The van der Waals surface area contributed by atoms with E-state index in [-0.39, 0.29) is 88.6 Å². The lowest BCUT2D eigenvalue weighted by Crippen LogP contribution is -2.62. The van der Waals surface area contributed by atoms with Crippen LogP contribution in [0, 0.1) is 29.6 Å². The SMILES string of the molecule is CC[C@H](C)[C@H]1NC(=O)[C@H](NC(=O)[C@@H](CC(C)C)N(C)C(=O)[C@@H]2CCCN2C(=O)[C@H](C)NC(=O)[C@H](CCC(N)=O)NC(=O)[C@@H]2CCC(=O)N2)[C@@H](C)OC(=O)[C@H](Cc2ccc(OC)cc2)N(C)C(=O)[C@@H]2CCCN2C(=O)[C@H](CC(C)C)NC(=O)[C@@H](C)C(=O)[C@H](C(C)C)OC(=O)C[C@@H]1O. The maximum atomic E-state index is 15.3. The van der Waals surface area contributed by atoms with Gasteiger partial charge in [0.25, 0.3) is 0 Å². The third-order valence-electron chi connectivity index (χ3n) is 18.5. The molecule has 29 heteroatoms. The molecule has 29 nitrogen and oxygen atoms in total. The van der Waals surface area contributed by atoms with Crippen LogP contribution in [0.3, 0.4) is 0 Å². The topological polar surface area (TPSA) is 398 Å². The van der Waals surface area contributed by atoms with Crippen LogP contribution < -0.4 is 42.4 Å². The number of carbonyl (C=O) groups excluding carboxylic acids is 14. The first-order chi connectivity index (χ1) is 45.1. The number of likely N-dealkylation sites (tertiary alicyclic amines) is 1. The fourth-order valence-electron chi connectivity index (χ4n) is 12.5. The van der Waals surface area contributed by atoms with Gasteiger partial charge in [0.1, 0.15) is 66.2 Å². The molecule has 0 unspecified atom stereocenters. The normalized spacial score (nSPS) is 26.6. The number of nitrogens with two attached hydrogens (primary N) is 1. The van der Waals surface area contributed by atoms with Crippen LogP contribution in [-0.4, -0.2) is 220 Å². The molecular formula is C67H103N11O18. The Morgan fingerprint density at radius 1 is 0.812 bits per heavy atom. The first kappa shape index (κ1) is 78.5. The van der Waals surface area contributed by atoms with Gasteiger partial charge in [-0.05, 0) is 114 Å². The average molecular weight is 1350 g/mol. The number of likely N-dealkylation sites (N-methyl/N-ethyl adjacent to an activating group) is 2. The largest absolute Gasteiger partial charge is 0.497 e. The fraction of sp³-hybridized carbons (Fsp3) is 0.701. The molecule has 0 radical (unpaired) electrons. The molecule has 0 bridgehead atoms. The van der Waals surface area contributed by atoms with E-state index in [9.17, 15) is 53.1 Å². The fourth-order valence-corrected chi connectivity index (χ4v) is 12.5. The minimum atomic E-state index is -1.85. The molecule has 15 atom stereocenters. The molecule has 4 fully saturated rings. The van der Waals surface area contributed by atoms with E-state index in [0.717, 1.165) is 9.80 Å². The minimum Gasteiger partial charge on any atom is -0.497 e. The zero-order valence-corrected chi connectivity index (χ0v) is 58.1. The van der Waals surface area contributed by atoms with Gasteiger partial charge in [-0.25, -0.2) is 4.79 Å². The highest BCUT2D eigenvalue weighted by Gasteiger charge is 2.47. The number of ether oxygens (including phenoxy) is 3. The van der Waals surface area contributed by atoms with Crippen molar-refractivity contribution in [2.24, 2.45) is 35.3 Å². The standard InChI is InChI=1S/C67H103N11O18/c1-15-37(8)54-50(79)33-53(82)96-57(36(6)7)56(83)38(9)58(84)72-45(30-34(2)3)64(90)78-29-17-19-47(78)66(92)76(13)49(32-41-20-22-42(94-14)23-21-41)67(93)95-40(11)55(62(88)73-54)74-61(87)48(31-35(4)5)75(12)65(91)46-18-16-28-77(46)63(89)39(10)69-59(85)44(24-26-51(68)80)71-60(86)43-25-27-52(81)70-43/h20-23,34-40,43-50,54-55,57,79H,15-19,24-33H2,1-14H3,(H2,68,80)(H,69,85)(H,70,81)(H,71,86)(H,72,84)(H,73,88)(H,74,87)/t37-,38-,39-,40+,43-,44-,45-,46-,47-,48+,49-,50-,54+,55+,57-/m0/s1. The number of primary amides is 1. The number of ketones is 1. The van der Waals surface area contributed by atoms with Crippen LogP contribution in [0.15, 0.2) is 24.3 Å². The van der Waals surface area contributed by atoms with Gasteiger partial charge in [0.2, 0.25) is 65.0 Å². The van der Waals surface area contributed by atoms with E-state index in [0.29, 0.717) is 30.6 Å². The van der Waals surface area contributed by atoms with Gasteiger partial charge in [0.05, 0.1) is 31.6 Å². The molecule has 4 aliphatic rings. The second-order valence-electron chi connectivity index (χ2n) is 27.2. The molecule has 4 heterocycles. The van der Waals surface area contributed by atoms with Crippen molar-refractivity contribution in [2.75, 3.05) is 34.3 Å². The van der Waals surface area contributed by atoms with E-state index >= 15 is 19.2 Å².